The van der Waals surface area contributed by atoms with Crippen molar-refractivity contribution in [2.24, 2.45) is 0 Å². The van der Waals surface area contributed by atoms with E-state index in [2.05, 4.69) is 55.6 Å². The van der Waals surface area contributed by atoms with Crippen LogP contribution in [0.2, 0.25) is 0 Å². The number of hydrogen-bond acceptors (Lipinski definition) is 5. The fourth-order valence-corrected chi connectivity index (χ4v) is 9.25. The molecule has 0 bridgehead atoms. The molecule has 0 spiro atoms. The van der Waals surface area contributed by atoms with Gasteiger partial charge in [0.15, 0.2) is 0 Å². The van der Waals surface area contributed by atoms with E-state index in [0.717, 1.165) is 83.5 Å². The van der Waals surface area contributed by atoms with Gasteiger partial charge in [-0.3, -0.25) is 9.59 Å². The van der Waals surface area contributed by atoms with Crippen molar-refractivity contribution in [1.29, 1.82) is 0 Å². The third-order valence-electron chi connectivity index (χ3n) is 13.9. The second kappa shape index (κ2) is 57.7. The van der Waals surface area contributed by atoms with E-state index >= 15 is 0 Å². The molecule has 0 aromatic rings. The zero-order chi connectivity index (χ0) is 49.3. The van der Waals surface area contributed by atoms with Crippen LogP contribution in [0.3, 0.4) is 0 Å². The first-order valence-electron chi connectivity index (χ1n) is 30.2. The Bertz CT molecular complexity index is 1100. The van der Waals surface area contributed by atoms with Gasteiger partial charge in [0, 0.05) is 12.8 Å². The number of aliphatic hydroxyl groups is 2. The highest BCUT2D eigenvalue weighted by atomic mass is 16.5. The number of nitrogens with one attached hydrogen (secondary N) is 1. The van der Waals surface area contributed by atoms with Crippen LogP contribution in [0.5, 0.6) is 0 Å². The first-order valence-corrected chi connectivity index (χ1v) is 30.2. The number of hydrogen-bond donors (Lipinski definition) is 3. The first-order chi connectivity index (χ1) is 33.5. The summed E-state index contributed by atoms with van der Waals surface area (Å²) in [5.74, 6) is -0.112. The normalized spacial score (nSPS) is 12.8. The van der Waals surface area contributed by atoms with Crippen molar-refractivity contribution < 1.29 is 24.5 Å². The van der Waals surface area contributed by atoms with Crippen molar-refractivity contribution in [2.45, 2.75) is 334 Å². The van der Waals surface area contributed by atoms with Gasteiger partial charge in [-0.05, 0) is 83.5 Å². The minimum atomic E-state index is -0.689. The number of carbonyl (C=O) groups is 2. The van der Waals surface area contributed by atoms with Crippen molar-refractivity contribution in [3.63, 3.8) is 0 Å². The van der Waals surface area contributed by atoms with Crippen LogP contribution < -0.4 is 5.32 Å². The lowest BCUT2D eigenvalue weighted by Crippen LogP contribution is -2.45. The summed E-state index contributed by atoms with van der Waals surface area (Å²) in [6.45, 7) is 4.85. The van der Waals surface area contributed by atoms with Gasteiger partial charge >= 0.3 is 5.97 Å². The molecule has 0 saturated heterocycles. The van der Waals surface area contributed by atoms with Crippen LogP contribution in [-0.2, 0) is 14.3 Å². The van der Waals surface area contributed by atoms with Crippen LogP contribution in [0.1, 0.15) is 322 Å². The lowest BCUT2D eigenvalue weighted by atomic mass is 10.0. The predicted octanol–water partition coefficient (Wildman–Crippen LogP) is 18.8. The van der Waals surface area contributed by atoms with Crippen LogP contribution >= 0.6 is 0 Å². The fourth-order valence-electron chi connectivity index (χ4n) is 9.25. The summed E-state index contributed by atoms with van der Waals surface area (Å²) in [6.07, 6.45) is 71.5. The van der Waals surface area contributed by atoms with Gasteiger partial charge in [0.2, 0.25) is 5.91 Å². The molecule has 0 aliphatic heterocycles. The molecular formula is C62H117NO5. The van der Waals surface area contributed by atoms with E-state index in [4.69, 9.17) is 4.74 Å². The average molecular weight is 957 g/mol. The van der Waals surface area contributed by atoms with Gasteiger partial charge in [0.25, 0.3) is 0 Å². The fraction of sp³-hybridized carbons (Fsp3) is 0.871. The number of amides is 1. The Morgan fingerprint density at radius 3 is 1.16 bits per heavy atom. The molecule has 2 unspecified atom stereocenters. The molecule has 0 radical (unpaired) electrons. The molecule has 0 rings (SSSR count). The van der Waals surface area contributed by atoms with Crippen molar-refractivity contribution in [2.75, 3.05) is 13.2 Å². The van der Waals surface area contributed by atoms with E-state index in [9.17, 15) is 19.8 Å². The highest BCUT2D eigenvalue weighted by Crippen LogP contribution is 2.17. The van der Waals surface area contributed by atoms with E-state index in [1.807, 2.05) is 0 Å². The number of allylic oxidation sites excluding steroid dienone is 6. The Morgan fingerprint density at radius 1 is 0.412 bits per heavy atom. The summed E-state index contributed by atoms with van der Waals surface area (Å²) >= 11 is 0. The van der Waals surface area contributed by atoms with Crippen LogP contribution in [0.15, 0.2) is 36.5 Å². The Morgan fingerprint density at radius 2 is 0.735 bits per heavy atom. The van der Waals surface area contributed by atoms with Gasteiger partial charge < -0.3 is 20.3 Å². The maximum Gasteiger partial charge on any atom is 0.305 e. The minimum Gasteiger partial charge on any atom is -0.466 e. The largest absolute Gasteiger partial charge is 0.466 e. The average Bonchev–Trinajstić information content (AvgIpc) is 3.34. The minimum absolute atomic E-state index is 0.0433. The SMILES string of the molecule is CCCCC/C=C\C/C=C\CCCCCCCCCC(=O)OCCCC/C=C\CCCCCCC(=O)NC(CO)C(O)CCCCCCCCCCCCCCCCCCCCCCCCCC. The van der Waals surface area contributed by atoms with Gasteiger partial charge in [0.05, 0.1) is 25.4 Å². The molecule has 0 aliphatic carbocycles. The highest BCUT2D eigenvalue weighted by molar-refractivity contribution is 5.76. The Labute approximate surface area is 424 Å². The Balaban J connectivity index is 3.50. The van der Waals surface area contributed by atoms with Crippen LogP contribution in [-0.4, -0.2) is 47.4 Å². The van der Waals surface area contributed by atoms with E-state index < -0.39 is 12.1 Å². The number of rotatable bonds is 56. The summed E-state index contributed by atoms with van der Waals surface area (Å²) in [4.78, 5) is 24.6. The molecule has 6 nitrogen and oxygen atoms in total. The van der Waals surface area contributed by atoms with Gasteiger partial charge in [-0.15, -0.1) is 0 Å². The summed E-state index contributed by atoms with van der Waals surface area (Å²) in [5, 5.41) is 23.3. The molecule has 0 heterocycles. The summed E-state index contributed by atoms with van der Waals surface area (Å²) in [6, 6.07) is -0.569. The maximum absolute atomic E-state index is 12.5. The summed E-state index contributed by atoms with van der Waals surface area (Å²) < 4.78 is 5.45. The lowest BCUT2D eigenvalue weighted by Gasteiger charge is -2.22. The smallest absolute Gasteiger partial charge is 0.305 e. The van der Waals surface area contributed by atoms with E-state index in [1.54, 1.807) is 0 Å². The van der Waals surface area contributed by atoms with Crippen molar-refractivity contribution in [3.8, 4) is 0 Å². The van der Waals surface area contributed by atoms with E-state index in [-0.39, 0.29) is 18.5 Å². The molecule has 0 saturated carbocycles. The molecule has 3 N–H and O–H groups in total. The molecule has 6 heteroatoms. The number of aliphatic hydroxyl groups excluding tert-OH is 2. The molecule has 68 heavy (non-hydrogen) atoms. The second-order valence-electron chi connectivity index (χ2n) is 20.7. The summed E-state index contributed by atoms with van der Waals surface area (Å²) in [7, 11) is 0. The zero-order valence-corrected chi connectivity index (χ0v) is 45.6. The predicted molar refractivity (Wildman–Crippen MR) is 296 cm³/mol. The van der Waals surface area contributed by atoms with E-state index in [1.165, 1.54) is 205 Å². The molecule has 2 atom stereocenters. The van der Waals surface area contributed by atoms with Crippen molar-refractivity contribution in [1.82, 2.24) is 5.32 Å². The Kier molecular flexibility index (Phi) is 56.0. The van der Waals surface area contributed by atoms with Crippen molar-refractivity contribution >= 4 is 11.9 Å². The topological polar surface area (TPSA) is 95.9 Å². The third kappa shape index (κ3) is 53.4. The molecule has 0 aliphatic rings. The molecule has 1 amide bonds. The summed E-state index contributed by atoms with van der Waals surface area (Å²) in [5.41, 5.74) is 0. The molecule has 400 valence electrons. The Hall–Kier alpha value is -1.92. The van der Waals surface area contributed by atoms with Gasteiger partial charge in [-0.1, -0.05) is 262 Å². The monoisotopic (exact) mass is 956 g/mol. The van der Waals surface area contributed by atoms with Crippen LogP contribution in [0.4, 0.5) is 0 Å². The quantitative estimate of drug-likeness (QED) is 0.0321. The number of ether oxygens (including phenoxy) is 1. The second-order valence-corrected chi connectivity index (χ2v) is 20.7. The molecular weight excluding hydrogens is 839 g/mol. The lowest BCUT2D eigenvalue weighted by molar-refractivity contribution is -0.143. The van der Waals surface area contributed by atoms with Crippen molar-refractivity contribution in [3.05, 3.63) is 36.5 Å². The van der Waals surface area contributed by atoms with Gasteiger partial charge in [-0.25, -0.2) is 0 Å². The zero-order valence-electron chi connectivity index (χ0n) is 45.6. The molecule has 0 fully saturated rings. The van der Waals surface area contributed by atoms with Gasteiger partial charge in [0.1, 0.15) is 0 Å². The van der Waals surface area contributed by atoms with E-state index in [0.29, 0.717) is 25.9 Å². The van der Waals surface area contributed by atoms with Gasteiger partial charge in [-0.2, -0.15) is 0 Å². The standard InChI is InChI=1S/C62H117NO5/c1-3-5-7-9-11-13-15-17-19-21-22-23-24-25-26-27-29-30-32-34-38-42-46-50-54-60(65)59(58-64)63-61(66)55-51-47-43-39-36-37-41-45-49-53-57-68-62(67)56-52-48-44-40-35-33-31-28-20-18-16-14-12-10-8-6-4-2/h12,14,18,20,37,41,59-60,64-65H,3-11,13,15-17,19,21-36,38-40,42-58H2,1-2H3,(H,63,66)/b14-12-,20-18-,41-37-. The molecule has 0 aromatic heterocycles. The van der Waals surface area contributed by atoms with Crippen LogP contribution in [0.25, 0.3) is 0 Å². The highest BCUT2D eigenvalue weighted by Gasteiger charge is 2.20. The number of esters is 1. The third-order valence-corrected chi connectivity index (χ3v) is 13.9. The number of carbonyl (C=O) groups excluding carboxylic acids is 2. The maximum atomic E-state index is 12.5. The first kappa shape index (κ1) is 66.1. The molecule has 0 aromatic carbocycles. The number of unbranched alkanes of at least 4 members (excludes halogenated alkanes) is 39. The van der Waals surface area contributed by atoms with Crippen LogP contribution in [0, 0.1) is 0 Å².